The maximum absolute atomic E-state index is 13.3. The number of piperazine rings is 1. The summed E-state index contributed by atoms with van der Waals surface area (Å²) in [7, 11) is -3.65. The SMILES string of the molecule is CC(NCC1CN(S(=O)(=O)c2cccs2)CCN1c1ccc(C(C)(O)C(F)(F)F)cc1)c1ccccc1. The van der Waals surface area contributed by atoms with E-state index < -0.39 is 21.8 Å². The van der Waals surface area contributed by atoms with Crippen LogP contribution in [0.25, 0.3) is 0 Å². The van der Waals surface area contributed by atoms with Gasteiger partial charge in [-0.05, 0) is 48.6 Å². The fourth-order valence-electron chi connectivity index (χ4n) is 4.41. The molecule has 4 rings (SSSR count). The number of rotatable bonds is 8. The van der Waals surface area contributed by atoms with Gasteiger partial charge in [0.05, 0.1) is 6.04 Å². The Morgan fingerprint density at radius 1 is 1.05 bits per heavy atom. The molecule has 1 aliphatic rings. The van der Waals surface area contributed by atoms with Crippen LogP contribution in [0.2, 0.25) is 0 Å². The van der Waals surface area contributed by atoms with E-state index in [1.54, 1.807) is 29.6 Å². The van der Waals surface area contributed by atoms with Crippen molar-refractivity contribution in [2.24, 2.45) is 0 Å². The second kappa shape index (κ2) is 10.7. The molecular formula is C26H30F3N3O3S2. The third-order valence-corrected chi connectivity index (χ3v) is 10.0. The number of thiophene rings is 1. The van der Waals surface area contributed by atoms with Gasteiger partial charge in [0.2, 0.25) is 0 Å². The number of sulfonamides is 1. The number of nitrogens with one attached hydrogen (secondary N) is 1. The van der Waals surface area contributed by atoms with Gasteiger partial charge < -0.3 is 15.3 Å². The minimum Gasteiger partial charge on any atom is -0.376 e. The predicted molar refractivity (Wildman–Crippen MR) is 139 cm³/mol. The van der Waals surface area contributed by atoms with Gasteiger partial charge in [0, 0.05) is 37.9 Å². The molecule has 1 aliphatic heterocycles. The van der Waals surface area contributed by atoms with Crippen LogP contribution < -0.4 is 10.2 Å². The Bertz CT molecular complexity index is 1270. The van der Waals surface area contributed by atoms with Gasteiger partial charge in [-0.3, -0.25) is 0 Å². The Balaban J connectivity index is 1.57. The summed E-state index contributed by atoms with van der Waals surface area (Å²) in [5, 5.41) is 15.2. The zero-order valence-corrected chi connectivity index (χ0v) is 22.2. The highest BCUT2D eigenvalue weighted by Crippen LogP contribution is 2.39. The summed E-state index contributed by atoms with van der Waals surface area (Å²) in [4.78, 5) is 2.01. The van der Waals surface area contributed by atoms with E-state index in [0.717, 1.165) is 12.5 Å². The number of benzene rings is 2. The maximum Gasteiger partial charge on any atom is 0.421 e. The van der Waals surface area contributed by atoms with E-state index in [1.165, 1.54) is 27.8 Å². The molecular weight excluding hydrogens is 523 g/mol. The quantitative estimate of drug-likeness (QED) is 0.421. The van der Waals surface area contributed by atoms with Crippen molar-refractivity contribution in [2.75, 3.05) is 31.1 Å². The molecule has 0 radical (unpaired) electrons. The second-order valence-electron chi connectivity index (χ2n) is 9.30. The van der Waals surface area contributed by atoms with Gasteiger partial charge in [-0.25, -0.2) is 8.42 Å². The van der Waals surface area contributed by atoms with Crippen LogP contribution in [-0.2, 0) is 15.6 Å². The monoisotopic (exact) mass is 553 g/mol. The first kappa shape index (κ1) is 27.6. The van der Waals surface area contributed by atoms with Crippen molar-refractivity contribution in [1.29, 1.82) is 0 Å². The van der Waals surface area contributed by atoms with Crippen molar-refractivity contribution in [3.05, 3.63) is 83.2 Å². The number of halogens is 3. The summed E-state index contributed by atoms with van der Waals surface area (Å²) in [5.41, 5.74) is -1.47. The first-order valence-corrected chi connectivity index (χ1v) is 14.2. The van der Waals surface area contributed by atoms with Crippen LogP contribution in [0, 0.1) is 0 Å². The predicted octanol–water partition coefficient (Wildman–Crippen LogP) is 4.75. The average Bonchev–Trinajstić information content (AvgIpc) is 3.43. The van der Waals surface area contributed by atoms with E-state index in [1.807, 2.05) is 42.2 Å². The Morgan fingerprint density at radius 3 is 2.32 bits per heavy atom. The molecule has 3 atom stereocenters. The smallest absolute Gasteiger partial charge is 0.376 e. The van der Waals surface area contributed by atoms with Crippen molar-refractivity contribution >= 4 is 27.0 Å². The maximum atomic E-state index is 13.3. The molecule has 2 aromatic carbocycles. The number of hydrogen-bond acceptors (Lipinski definition) is 6. The third-order valence-electron chi connectivity index (χ3n) is 6.81. The molecule has 0 aliphatic carbocycles. The lowest BCUT2D eigenvalue weighted by Crippen LogP contribution is -2.58. The van der Waals surface area contributed by atoms with E-state index in [4.69, 9.17) is 0 Å². The van der Waals surface area contributed by atoms with E-state index in [2.05, 4.69) is 5.32 Å². The van der Waals surface area contributed by atoms with Gasteiger partial charge in [0.1, 0.15) is 4.21 Å². The molecule has 0 saturated carbocycles. The van der Waals surface area contributed by atoms with Crippen LogP contribution in [-0.4, -0.2) is 56.2 Å². The second-order valence-corrected chi connectivity index (χ2v) is 12.4. The first-order chi connectivity index (χ1) is 17.4. The largest absolute Gasteiger partial charge is 0.421 e. The molecule has 6 nitrogen and oxygen atoms in total. The molecule has 200 valence electrons. The number of nitrogens with zero attached hydrogens (tertiary/aromatic N) is 2. The van der Waals surface area contributed by atoms with Crippen LogP contribution in [0.4, 0.5) is 18.9 Å². The lowest BCUT2D eigenvalue weighted by Gasteiger charge is -2.42. The molecule has 11 heteroatoms. The molecule has 0 bridgehead atoms. The lowest BCUT2D eigenvalue weighted by atomic mass is 9.95. The van der Waals surface area contributed by atoms with E-state index in [-0.39, 0.29) is 34.9 Å². The van der Waals surface area contributed by atoms with Gasteiger partial charge >= 0.3 is 6.18 Å². The fraction of sp³-hybridized carbons (Fsp3) is 0.385. The van der Waals surface area contributed by atoms with Crippen LogP contribution in [0.15, 0.2) is 76.3 Å². The highest BCUT2D eigenvalue weighted by molar-refractivity contribution is 7.91. The van der Waals surface area contributed by atoms with Crippen LogP contribution >= 0.6 is 11.3 Å². The topological polar surface area (TPSA) is 72.9 Å². The van der Waals surface area contributed by atoms with Gasteiger partial charge in [0.25, 0.3) is 10.0 Å². The standard InChI is InChI=1S/C26H30F3N3O3S2/c1-19(20-7-4-3-5-8-20)30-17-23-18-31(37(34,35)24-9-6-16-36-24)14-15-32(23)22-12-10-21(11-13-22)25(2,33)26(27,28)29/h3-13,16,19,23,30,33H,14-15,17-18H2,1-2H3. The minimum absolute atomic E-state index is 0.0107. The molecule has 1 fully saturated rings. The van der Waals surface area contributed by atoms with E-state index in [9.17, 15) is 26.7 Å². The van der Waals surface area contributed by atoms with Crippen molar-refractivity contribution in [1.82, 2.24) is 9.62 Å². The first-order valence-electron chi connectivity index (χ1n) is 11.9. The molecule has 1 aromatic heterocycles. The van der Waals surface area contributed by atoms with Crippen molar-refractivity contribution in [3.63, 3.8) is 0 Å². The average molecular weight is 554 g/mol. The number of alkyl halides is 3. The molecule has 2 N–H and O–H groups in total. The van der Waals surface area contributed by atoms with Crippen LogP contribution in [0.1, 0.15) is 31.0 Å². The summed E-state index contributed by atoms with van der Waals surface area (Å²) in [6.45, 7) is 4.04. The summed E-state index contributed by atoms with van der Waals surface area (Å²) >= 11 is 1.17. The normalized spacial score (nSPS) is 19.9. The molecule has 0 spiro atoms. The Hall–Kier alpha value is -2.44. The lowest BCUT2D eigenvalue weighted by molar-refractivity contribution is -0.258. The Kier molecular flexibility index (Phi) is 8.01. The number of anilines is 1. The van der Waals surface area contributed by atoms with Gasteiger partial charge in [-0.2, -0.15) is 17.5 Å². The molecule has 1 saturated heterocycles. The molecule has 3 unspecified atom stereocenters. The molecule has 2 heterocycles. The molecule has 0 amide bonds. The fourth-order valence-corrected chi connectivity index (χ4v) is 7.02. The molecule has 37 heavy (non-hydrogen) atoms. The van der Waals surface area contributed by atoms with Gasteiger partial charge in [-0.1, -0.05) is 48.5 Å². The number of hydrogen-bond donors (Lipinski definition) is 2. The van der Waals surface area contributed by atoms with Crippen molar-refractivity contribution < 1.29 is 26.7 Å². The van der Waals surface area contributed by atoms with Gasteiger partial charge in [-0.15, -0.1) is 11.3 Å². The summed E-state index contributed by atoms with van der Waals surface area (Å²) in [6, 6.07) is 18.5. The number of aliphatic hydroxyl groups is 1. The Labute approximate surface area is 219 Å². The van der Waals surface area contributed by atoms with Gasteiger partial charge in [0.15, 0.2) is 5.60 Å². The van der Waals surface area contributed by atoms with Crippen molar-refractivity contribution in [2.45, 2.75) is 41.9 Å². The summed E-state index contributed by atoms with van der Waals surface area (Å²) in [5.74, 6) is 0. The minimum atomic E-state index is -4.81. The van der Waals surface area contributed by atoms with Crippen LogP contribution in [0.3, 0.4) is 0 Å². The third kappa shape index (κ3) is 5.85. The van der Waals surface area contributed by atoms with Crippen molar-refractivity contribution in [3.8, 4) is 0 Å². The highest BCUT2D eigenvalue weighted by Gasteiger charge is 2.51. The van der Waals surface area contributed by atoms with E-state index in [0.29, 0.717) is 18.8 Å². The highest BCUT2D eigenvalue weighted by atomic mass is 32.2. The summed E-state index contributed by atoms with van der Waals surface area (Å²) < 4.78 is 68.0. The zero-order chi connectivity index (χ0) is 26.8. The summed E-state index contributed by atoms with van der Waals surface area (Å²) in [6.07, 6.45) is -4.81. The van der Waals surface area contributed by atoms with E-state index >= 15 is 0 Å². The van der Waals surface area contributed by atoms with Crippen LogP contribution in [0.5, 0.6) is 0 Å². The zero-order valence-electron chi connectivity index (χ0n) is 20.5. The molecule has 3 aromatic rings. The Morgan fingerprint density at radius 2 is 1.73 bits per heavy atom.